The number of aromatic nitrogens is 3. The van der Waals surface area contributed by atoms with Crippen molar-refractivity contribution in [1.82, 2.24) is 14.3 Å². The van der Waals surface area contributed by atoms with Gasteiger partial charge < -0.3 is 10.4 Å². The number of halogens is 3. The van der Waals surface area contributed by atoms with E-state index in [-0.39, 0.29) is 16.9 Å². The number of hydrogen-bond donors (Lipinski definition) is 2. The molecule has 3 aromatic rings. The van der Waals surface area contributed by atoms with Crippen molar-refractivity contribution in [3.63, 3.8) is 0 Å². The van der Waals surface area contributed by atoms with Gasteiger partial charge in [0.1, 0.15) is 6.33 Å². The standard InChI is InChI=1S/C19H17F3N4O3/c1-18(29,12-4-3-5-13(10-12)19(20,21)22)16(27)24-14-6-8-15(9-7-14)26-17(28)25(2)11-23-26/h3-11,29H,1-2H3,(H,24,27). The summed E-state index contributed by atoms with van der Waals surface area (Å²) in [7, 11) is 1.55. The molecular formula is C19H17F3N4O3. The molecule has 29 heavy (non-hydrogen) atoms. The van der Waals surface area contributed by atoms with E-state index in [2.05, 4.69) is 10.4 Å². The first-order valence-corrected chi connectivity index (χ1v) is 8.43. The molecule has 0 aliphatic carbocycles. The van der Waals surface area contributed by atoms with Crippen LogP contribution in [0.5, 0.6) is 0 Å². The second-order valence-electron chi connectivity index (χ2n) is 6.59. The highest BCUT2D eigenvalue weighted by molar-refractivity contribution is 5.97. The highest BCUT2D eigenvalue weighted by atomic mass is 19.4. The molecule has 0 saturated heterocycles. The Kier molecular flexibility index (Phi) is 5.05. The molecule has 1 atom stereocenters. The summed E-state index contributed by atoms with van der Waals surface area (Å²) in [5, 5.41) is 16.9. The molecule has 0 bridgehead atoms. The molecule has 3 rings (SSSR count). The Morgan fingerprint density at radius 2 is 1.72 bits per heavy atom. The molecule has 1 aromatic heterocycles. The van der Waals surface area contributed by atoms with E-state index in [1.807, 2.05) is 0 Å². The maximum absolute atomic E-state index is 12.9. The zero-order chi connectivity index (χ0) is 21.4. The number of benzene rings is 2. The number of hydrogen-bond acceptors (Lipinski definition) is 4. The fourth-order valence-electron chi connectivity index (χ4n) is 2.62. The number of carbonyl (C=O) groups is 1. The van der Waals surface area contributed by atoms with E-state index in [9.17, 15) is 27.9 Å². The number of carbonyl (C=O) groups excluding carboxylic acids is 1. The van der Waals surface area contributed by atoms with Gasteiger partial charge in [-0.2, -0.15) is 23.0 Å². The van der Waals surface area contributed by atoms with Crippen molar-refractivity contribution in [3.05, 3.63) is 76.5 Å². The van der Waals surface area contributed by atoms with Crippen molar-refractivity contribution >= 4 is 11.6 Å². The summed E-state index contributed by atoms with van der Waals surface area (Å²) in [6.45, 7) is 1.11. The molecular weight excluding hydrogens is 389 g/mol. The summed E-state index contributed by atoms with van der Waals surface area (Å²) in [6, 6.07) is 9.98. The number of alkyl halides is 3. The molecule has 7 nitrogen and oxygen atoms in total. The Balaban J connectivity index is 1.80. The monoisotopic (exact) mass is 406 g/mol. The van der Waals surface area contributed by atoms with Crippen LogP contribution in [0, 0.1) is 0 Å². The lowest BCUT2D eigenvalue weighted by Gasteiger charge is -2.23. The van der Waals surface area contributed by atoms with E-state index in [1.54, 1.807) is 7.05 Å². The van der Waals surface area contributed by atoms with E-state index >= 15 is 0 Å². The lowest BCUT2D eigenvalue weighted by molar-refractivity contribution is -0.138. The van der Waals surface area contributed by atoms with Gasteiger partial charge >= 0.3 is 11.9 Å². The Morgan fingerprint density at radius 3 is 2.28 bits per heavy atom. The number of aryl methyl sites for hydroxylation is 1. The van der Waals surface area contributed by atoms with Gasteiger partial charge in [-0.05, 0) is 48.9 Å². The molecule has 1 heterocycles. The topological polar surface area (TPSA) is 89.2 Å². The van der Waals surface area contributed by atoms with Gasteiger partial charge in [0, 0.05) is 12.7 Å². The second kappa shape index (κ2) is 7.21. The van der Waals surface area contributed by atoms with Gasteiger partial charge in [0.2, 0.25) is 0 Å². The first-order chi connectivity index (χ1) is 13.5. The number of nitrogens with one attached hydrogen (secondary N) is 1. The summed E-state index contributed by atoms with van der Waals surface area (Å²) < 4.78 is 41.1. The van der Waals surface area contributed by atoms with Crippen LogP contribution in [0.1, 0.15) is 18.1 Å². The van der Waals surface area contributed by atoms with Gasteiger partial charge in [-0.3, -0.25) is 9.36 Å². The first kappa shape index (κ1) is 20.3. The normalized spacial score (nSPS) is 13.7. The lowest BCUT2D eigenvalue weighted by atomic mass is 9.93. The third-order valence-corrected chi connectivity index (χ3v) is 4.39. The molecule has 0 fully saturated rings. The minimum absolute atomic E-state index is 0.193. The van der Waals surface area contributed by atoms with Crippen LogP contribution in [0.15, 0.2) is 59.7 Å². The van der Waals surface area contributed by atoms with Crippen molar-refractivity contribution < 1.29 is 23.1 Å². The minimum atomic E-state index is -4.60. The molecule has 0 saturated carbocycles. The number of anilines is 1. The van der Waals surface area contributed by atoms with Crippen LogP contribution in [0.2, 0.25) is 0 Å². The largest absolute Gasteiger partial charge is 0.416 e. The summed E-state index contributed by atoms with van der Waals surface area (Å²) in [4.78, 5) is 24.4. The quantitative estimate of drug-likeness (QED) is 0.697. The maximum atomic E-state index is 12.9. The molecule has 152 valence electrons. The molecule has 10 heteroatoms. The van der Waals surface area contributed by atoms with Crippen LogP contribution in [0.3, 0.4) is 0 Å². The van der Waals surface area contributed by atoms with Crippen LogP contribution in [0.4, 0.5) is 18.9 Å². The van der Waals surface area contributed by atoms with E-state index in [4.69, 9.17) is 0 Å². The lowest BCUT2D eigenvalue weighted by Crippen LogP contribution is -2.37. The Bertz CT molecular complexity index is 1100. The van der Waals surface area contributed by atoms with Crippen LogP contribution in [0.25, 0.3) is 5.69 Å². The van der Waals surface area contributed by atoms with E-state index in [0.29, 0.717) is 5.69 Å². The maximum Gasteiger partial charge on any atom is 0.416 e. The average molecular weight is 406 g/mol. The summed E-state index contributed by atoms with van der Waals surface area (Å²) in [5.41, 5.74) is -2.96. The summed E-state index contributed by atoms with van der Waals surface area (Å²) in [6.07, 6.45) is -3.24. The predicted octanol–water partition coefficient (Wildman–Crippen LogP) is 2.44. The van der Waals surface area contributed by atoms with Gasteiger partial charge in [-0.1, -0.05) is 12.1 Å². The molecule has 0 radical (unpaired) electrons. The van der Waals surface area contributed by atoms with Crippen LogP contribution in [-0.4, -0.2) is 25.4 Å². The van der Waals surface area contributed by atoms with Crippen LogP contribution >= 0.6 is 0 Å². The Hall–Kier alpha value is -3.40. The van der Waals surface area contributed by atoms with Gasteiger partial charge in [-0.15, -0.1) is 0 Å². The third-order valence-electron chi connectivity index (χ3n) is 4.39. The minimum Gasteiger partial charge on any atom is -0.376 e. The van der Waals surface area contributed by atoms with Crippen molar-refractivity contribution in [2.24, 2.45) is 7.05 Å². The molecule has 0 spiro atoms. The van der Waals surface area contributed by atoms with E-state index in [1.165, 1.54) is 41.2 Å². The zero-order valence-electron chi connectivity index (χ0n) is 15.4. The van der Waals surface area contributed by atoms with Crippen molar-refractivity contribution in [2.75, 3.05) is 5.32 Å². The fraction of sp³-hybridized carbons (Fsp3) is 0.211. The third kappa shape index (κ3) is 4.06. The number of rotatable bonds is 4. The second-order valence-corrected chi connectivity index (χ2v) is 6.59. The van der Waals surface area contributed by atoms with Crippen molar-refractivity contribution in [1.29, 1.82) is 0 Å². The van der Waals surface area contributed by atoms with Crippen LogP contribution in [-0.2, 0) is 23.6 Å². The van der Waals surface area contributed by atoms with E-state index < -0.39 is 23.2 Å². The number of nitrogens with zero attached hydrogens (tertiary/aromatic N) is 3. The Morgan fingerprint density at radius 1 is 1.10 bits per heavy atom. The first-order valence-electron chi connectivity index (χ1n) is 8.43. The van der Waals surface area contributed by atoms with Crippen LogP contribution < -0.4 is 11.0 Å². The summed E-state index contributed by atoms with van der Waals surface area (Å²) in [5.74, 6) is -0.903. The van der Waals surface area contributed by atoms with Gasteiger partial charge in [0.15, 0.2) is 5.60 Å². The van der Waals surface area contributed by atoms with Gasteiger partial charge in [0.25, 0.3) is 5.91 Å². The average Bonchev–Trinajstić information content (AvgIpc) is 3.00. The highest BCUT2D eigenvalue weighted by Crippen LogP contribution is 2.32. The SMILES string of the molecule is Cn1cnn(-c2ccc(NC(=O)C(C)(O)c3cccc(C(F)(F)F)c3)cc2)c1=O. The summed E-state index contributed by atoms with van der Waals surface area (Å²) >= 11 is 0. The smallest absolute Gasteiger partial charge is 0.376 e. The molecule has 0 aliphatic rings. The molecule has 2 aromatic carbocycles. The fourth-order valence-corrected chi connectivity index (χ4v) is 2.62. The molecule has 1 unspecified atom stereocenters. The van der Waals surface area contributed by atoms with Crippen molar-refractivity contribution in [3.8, 4) is 5.69 Å². The zero-order valence-corrected chi connectivity index (χ0v) is 15.4. The Labute approximate surface area is 163 Å². The number of amides is 1. The highest BCUT2D eigenvalue weighted by Gasteiger charge is 2.36. The van der Waals surface area contributed by atoms with Gasteiger partial charge in [-0.25, -0.2) is 4.79 Å². The molecule has 0 aliphatic heterocycles. The van der Waals surface area contributed by atoms with E-state index in [0.717, 1.165) is 29.8 Å². The molecule has 2 N–H and O–H groups in total. The molecule has 1 amide bonds. The van der Waals surface area contributed by atoms with Crippen molar-refractivity contribution in [2.45, 2.75) is 18.7 Å². The van der Waals surface area contributed by atoms with Gasteiger partial charge in [0.05, 0.1) is 11.3 Å². The number of aliphatic hydroxyl groups is 1. The predicted molar refractivity (Wildman–Crippen MR) is 98.4 cm³/mol.